The first kappa shape index (κ1) is 25.3. The number of hydrogen-bond acceptors (Lipinski definition) is 4. The maximum absolute atomic E-state index is 12.7. The minimum absolute atomic E-state index is 0. The molecule has 182 valence electrons. The zero-order valence-corrected chi connectivity index (χ0v) is 20.7. The Balaban J connectivity index is 0.00000306. The van der Waals surface area contributed by atoms with Gasteiger partial charge in [0.2, 0.25) is 5.91 Å². The summed E-state index contributed by atoms with van der Waals surface area (Å²) >= 11 is 0. The average molecular weight is 478 g/mol. The monoisotopic (exact) mass is 477 g/mol. The summed E-state index contributed by atoms with van der Waals surface area (Å²) in [6.45, 7) is 10.7. The molecule has 3 heterocycles. The minimum atomic E-state index is -0.141. The number of benzene rings is 1. The molecular formula is C24H36ClN5O3. The molecule has 1 aromatic carbocycles. The third kappa shape index (κ3) is 5.61. The number of carbonyl (C=O) groups excluding carboxylic acids is 2. The van der Waals surface area contributed by atoms with Crippen molar-refractivity contribution in [2.24, 2.45) is 5.41 Å². The molecule has 0 radical (unpaired) electrons. The molecule has 2 aliphatic heterocycles. The van der Waals surface area contributed by atoms with Crippen LogP contribution in [0.2, 0.25) is 0 Å². The number of amides is 2. The molecule has 33 heavy (non-hydrogen) atoms. The fraction of sp³-hybridized carbons (Fsp3) is 0.625. The van der Waals surface area contributed by atoms with Gasteiger partial charge in [-0.25, -0.2) is 4.79 Å². The van der Waals surface area contributed by atoms with Crippen LogP contribution in [0.1, 0.15) is 62.9 Å². The van der Waals surface area contributed by atoms with Crippen molar-refractivity contribution in [2.75, 3.05) is 39.3 Å². The Hall–Kier alpha value is -2.32. The van der Waals surface area contributed by atoms with Gasteiger partial charge in [-0.05, 0) is 56.2 Å². The zero-order chi connectivity index (χ0) is 22.9. The molecule has 8 nitrogen and oxygen atoms in total. The van der Waals surface area contributed by atoms with E-state index in [0.717, 1.165) is 57.4 Å². The van der Waals surface area contributed by atoms with E-state index in [-0.39, 0.29) is 36.0 Å². The summed E-state index contributed by atoms with van der Waals surface area (Å²) in [5.74, 6) is 0.0827. The van der Waals surface area contributed by atoms with E-state index in [1.807, 2.05) is 22.5 Å². The highest BCUT2D eigenvalue weighted by molar-refractivity contribution is 5.97. The quantitative estimate of drug-likeness (QED) is 0.692. The third-order valence-corrected chi connectivity index (χ3v) is 7.07. The Labute approximate surface area is 201 Å². The van der Waals surface area contributed by atoms with Gasteiger partial charge in [0.1, 0.15) is 0 Å². The van der Waals surface area contributed by atoms with E-state index in [1.165, 1.54) is 0 Å². The maximum atomic E-state index is 12.7. The number of nitrogens with one attached hydrogen (secondary N) is 2. The van der Waals surface area contributed by atoms with E-state index < -0.39 is 0 Å². The number of aromatic amines is 1. The standard InChI is InChI=1S/C24H35N5O3.ClH/c1-4-25-22(31)17-5-6-20-19(15-17)26-23(32)29(20)18-7-11-27(12-8-18)16-21(30)28-13-9-24(2,3)10-14-28;/h5-6,15,18H,4,7-14,16H2,1-3H3,(H,25,31)(H,26,32);1H. The summed E-state index contributed by atoms with van der Waals surface area (Å²) in [7, 11) is 0. The number of imidazole rings is 1. The first-order valence-corrected chi connectivity index (χ1v) is 11.8. The van der Waals surface area contributed by atoms with Crippen molar-refractivity contribution in [3.63, 3.8) is 0 Å². The van der Waals surface area contributed by atoms with Gasteiger partial charge in [0, 0.05) is 44.3 Å². The van der Waals surface area contributed by atoms with E-state index >= 15 is 0 Å². The predicted molar refractivity (Wildman–Crippen MR) is 132 cm³/mol. The van der Waals surface area contributed by atoms with Crippen LogP contribution >= 0.6 is 12.4 Å². The van der Waals surface area contributed by atoms with E-state index in [4.69, 9.17) is 0 Å². The van der Waals surface area contributed by atoms with Gasteiger partial charge in [-0.3, -0.25) is 19.1 Å². The fourth-order valence-corrected chi connectivity index (χ4v) is 4.89. The predicted octanol–water partition coefficient (Wildman–Crippen LogP) is 2.79. The second kappa shape index (κ2) is 10.3. The molecule has 2 fully saturated rings. The highest BCUT2D eigenvalue weighted by Crippen LogP contribution is 2.30. The van der Waals surface area contributed by atoms with Crippen LogP contribution in [0, 0.1) is 5.41 Å². The molecule has 2 aromatic rings. The van der Waals surface area contributed by atoms with Crippen LogP contribution < -0.4 is 11.0 Å². The van der Waals surface area contributed by atoms with Gasteiger partial charge in [0.15, 0.2) is 0 Å². The van der Waals surface area contributed by atoms with Gasteiger partial charge in [0.25, 0.3) is 5.91 Å². The molecule has 2 aliphatic rings. The van der Waals surface area contributed by atoms with Crippen LogP contribution in [-0.4, -0.2) is 70.4 Å². The molecule has 0 aliphatic carbocycles. The Bertz CT molecular complexity index is 1040. The van der Waals surface area contributed by atoms with E-state index in [1.54, 1.807) is 12.1 Å². The van der Waals surface area contributed by atoms with Crippen molar-refractivity contribution in [1.82, 2.24) is 24.7 Å². The molecule has 0 unspecified atom stereocenters. The normalized spacial score (nSPS) is 19.3. The van der Waals surface area contributed by atoms with Gasteiger partial charge < -0.3 is 15.2 Å². The maximum Gasteiger partial charge on any atom is 0.326 e. The summed E-state index contributed by atoms with van der Waals surface area (Å²) < 4.78 is 1.82. The lowest BCUT2D eigenvalue weighted by Gasteiger charge is -2.38. The van der Waals surface area contributed by atoms with E-state index in [0.29, 0.717) is 29.6 Å². The summed E-state index contributed by atoms with van der Waals surface area (Å²) in [5.41, 5.74) is 2.25. The lowest BCUT2D eigenvalue weighted by atomic mass is 9.82. The van der Waals surface area contributed by atoms with Gasteiger partial charge in [-0.1, -0.05) is 13.8 Å². The van der Waals surface area contributed by atoms with Crippen molar-refractivity contribution in [3.05, 3.63) is 34.2 Å². The summed E-state index contributed by atoms with van der Waals surface area (Å²) in [5, 5.41) is 2.78. The molecule has 4 rings (SSSR count). The second-order valence-electron chi connectivity index (χ2n) is 9.94. The summed E-state index contributed by atoms with van der Waals surface area (Å²) in [6, 6.07) is 5.45. The third-order valence-electron chi connectivity index (χ3n) is 7.07. The van der Waals surface area contributed by atoms with E-state index in [2.05, 4.69) is 29.0 Å². The molecule has 2 amide bonds. The summed E-state index contributed by atoms with van der Waals surface area (Å²) in [4.78, 5) is 44.7. The van der Waals surface area contributed by atoms with Crippen LogP contribution in [0.25, 0.3) is 11.0 Å². The lowest BCUT2D eigenvalue weighted by molar-refractivity contribution is -0.134. The van der Waals surface area contributed by atoms with Gasteiger partial charge in [-0.2, -0.15) is 0 Å². The Morgan fingerprint density at radius 3 is 2.42 bits per heavy atom. The van der Waals surface area contributed by atoms with Crippen LogP contribution in [-0.2, 0) is 4.79 Å². The number of hydrogen-bond donors (Lipinski definition) is 2. The zero-order valence-electron chi connectivity index (χ0n) is 19.9. The molecule has 0 spiro atoms. The molecular weight excluding hydrogens is 442 g/mol. The smallest absolute Gasteiger partial charge is 0.326 e. The van der Waals surface area contributed by atoms with Gasteiger partial charge in [0.05, 0.1) is 17.6 Å². The molecule has 0 atom stereocenters. The average Bonchev–Trinajstić information content (AvgIpc) is 3.09. The molecule has 2 N–H and O–H groups in total. The van der Waals surface area contributed by atoms with Crippen LogP contribution in [0.5, 0.6) is 0 Å². The molecule has 9 heteroatoms. The number of nitrogens with zero attached hydrogens (tertiary/aromatic N) is 3. The van der Waals surface area contributed by atoms with Gasteiger partial charge >= 0.3 is 5.69 Å². The Morgan fingerprint density at radius 2 is 1.79 bits per heavy atom. The first-order chi connectivity index (χ1) is 15.3. The van der Waals surface area contributed by atoms with Crippen molar-refractivity contribution in [2.45, 2.75) is 52.5 Å². The molecule has 2 saturated heterocycles. The SMILES string of the molecule is CCNC(=O)c1ccc2c(c1)[nH]c(=O)n2C1CCN(CC(=O)N2CCC(C)(C)CC2)CC1.Cl. The van der Waals surface area contributed by atoms with Crippen LogP contribution in [0.4, 0.5) is 0 Å². The number of likely N-dealkylation sites (tertiary alicyclic amines) is 2. The molecule has 0 bridgehead atoms. The topological polar surface area (TPSA) is 90.4 Å². The second-order valence-corrected chi connectivity index (χ2v) is 9.94. The number of halogens is 1. The molecule has 1 aromatic heterocycles. The number of aromatic nitrogens is 2. The lowest BCUT2D eigenvalue weighted by Crippen LogP contribution is -2.47. The minimum Gasteiger partial charge on any atom is -0.352 e. The number of fused-ring (bicyclic) bond motifs is 1. The highest BCUT2D eigenvalue weighted by Gasteiger charge is 2.30. The Morgan fingerprint density at radius 1 is 1.12 bits per heavy atom. The highest BCUT2D eigenvalue weighted by atomic mass is 35.5. The van der Waals surface area contributed by atoms with Crippen LogP contribution in [0.3, 0.4) is 0 Å². The van der Waals surface area contributed by atoms with Crippen molar-refractivity contribution < 1.29 is 9.59 Å². The number of rotatable bonds is 5. The Kier molecular flexibility index (Phi) is 7.90. The largest absolute Gasteiger partial charge is 0.352 e. The van der Waals surface area contributed by atoms with Crippen molar-refractivity contribution in [1.29, 1.82) is 0 Å². The van der Waals surface area contributed by atoms with Crippen LogP contribution in [0.15, 0.2) is 23.0 Å². The summed E-state index contributed by atoms with van der Waals surface area (Å²) in [6.07, 6.45) is 3.77. The van der Waals surface area contributed by atoms with Gasteiger partial charge in [-0.15, -0.1) is 12.4 Å². The number of carbonyl (C=O) groups is 2. The molecule has 0 saturated carbocycles. The van der Waals surface area contributed by atoms with Crippen molar-refractivity contribution in [3.8, 4) is 0 Å². The van der Waals surface area contributed by atoms with Crippen molar-refractivity contribution >= 4 is 35.3 Å². The fourth-order valence-electron chi connectivity index (χ4n) is 4.89. The first-order valence-electron chi connectivity index (χ1n) is 11.8. The number of H-pyrrole nitrogens is 1. The van der Waals surface area contributed by atoms with E-state index in [9.17, 15) is 14.4 Å². The number of piperidine rings is 2.